The highest BCUT2D eigenvalue weighted by molar-refractivity contribution is 8.00. The van der Waals surface area contributed by atoms with Gasteiger partial charge in [0.1, 0.15) is 17.9 Å². The van der Waals surface area contributed by atoms with Crippen molar-refractivity contribution in [3.8, 4) is 5.75 Å². The fourth-order valence-electron chi connectivity index (χ4n) is 2.18. The minimum atomic E-state index is -0.961. The fraction of sp³-hybridized carbons (Fsp3) is 0.562. The van der Waals surface area contributed by atoms with E-state index in [-0.39, 0.29) is 10.3 Å². The Labute approximate surface area is 131 Å². The number of para-hydroxylation sites is 1. The highest BCUT2D eigenvalue weighted by Gasteiger charge is 2.23. The molecule has 0 amide bonds. The molecule has 0 aliphatic carbocycles. The van der Waals surface area contributed by atoms with Crippen molar-refractivity contribution >= 4 is 17.7 Å². The van der Waals surface area contributed by atoms with E-state index < -0.39 is 5.97 Å². The number of nitrogens with one attached hydrogen (secondary N) is 1. The molecular weight excluding hydrogens is 286 g/mol. The Morgan fingerprint density at radius 1 is 1.33 bits per heavy atom. The molecule has 0 saturated heterocycles. The molecular formula is C16H25NO3S. The van der Waals surface area contributed by atoms with E-state index in [1.807, 2.05) is 11.8 Å². The second-order valence-electron chi connectivity index (χ2n) is 4.92. The first-order chi connectivity index (χ1) is 10.1. The van der Waals surface area contributed by atoms with Crippen molar-refractivity contribution in [1.29, 1.82) is 0 Å². The largest absolute Gasteiger partial charge is 0.491 e. The van der Waals surface area contributed by atoms with E-state index in [2.05, 4.69) is 25.4 Å². The lowest BCUT2D eigenvalue weighted by molar-refractivity contribution is 0.0692. The van der Waals surface area contributed by atoms with E-state index in [1.54, 1.807) is 24.3 Å². The molecule has 0 aliphatic rings. The minimum absolute atomic E-state index is 0.207. The van der Waals surface area contributed by atoms with E-state index in [0.29, 0.717) is 18.9 Å². The molecule has 0 atom stereocenters. The van der Waals surface area contributed by atoms with Gasteiger partial charge >= 0.3 is 5.97 Å². The Hall–Kier alpha value is -1.20. The molecule has 0 heterocycles. The number of hydrogen-bond donors (Lipinski definition) is 2. The summed E-state index contributed by atoms with van der Waals surface area (Å²) in [7, 11) is 0. The summed E-state index contributed by atoms with van der Waals surface area (Å²) in [5, 5.41) is 12.5. The maximum Gasteiger partial charge on any atom is 0.339 e. The summed E-state index contributed by atoms with van der Waals surface area (Å²) in [5.74, 6) is -0.536. The maximum atomic E-state index is 11.1. The van der Waals surface area contributed by atoms with E-state index in [0.717, 1.165) is 19.4 Å². The lowest BCUT2D eigenvalue weighted by atomic mass is 10.0. The number of carboxylic acid groups (broad SMARTS) is 1. The number of hydrogen-bond acceptors (Lipinski definition) is 4. The van der Waals surface area contributed by atoms with Gasteiger partial charge in [0.15, 0.2) is 0 Å². The van der Waals surface area contributed by atoms with E-state index >= 15 is 0 Å². The Balaban J connectivity index is 2.40. The zero-order chi connectivity index (χ0) is 15.7. The maximum absolute atomic E-state index is 11.1. The second kappa shape index (κ2) is 8.95. The number of ether oxygens (including phenoxy) is 1. The molecule has 1 aromatic carbocycles. The van der Waals surface area contributed by atoms with Gasteiger partial charge in [0.2, 0.25) is 0 Å². The predicted molar refractivity (Wildman–Crippen MR) is 88.6 cm³/mol. The van der Waals surface area contributed by atoms with Gasteiger partial charge in [-0.15, -0.1) is 0 Å². The van der Waals surface area contributed by atoms with Crippen molar-refractivity contribution in [2.75, 3.05) is 26.0 Å². The van der Waals surface area contributed by atoms with Crippen LogP contribution in [0, 0.1) is 0 Å². The number of thioether (sulfide) groups is 1. The minimum Gasteiger partial charge on any atom is -0.491 e. The Kier molecular flexibility index (Phi) is 7.61. The molecule has 0 aromatic heterocycles. The zero-order valence-corrected chi connectivity index (χ0v) is 13.8. The molecule has 4 nitrogen and oxygen atoms in total. The van der Waals surface area contributed by atoms with Gasteiger partial charge in [0.25, 0.3) is 0 Å². The molecule has 1 rings (SSSR count). The Bertz CT molecular complexity index is 439. The van der Waals surface area contributed by atoms with Crippen LogP contribution in [-0.2, 0) is 0 Å². The molecule has 0 radical (unpaired) electrons. The smallest absolute Gasteiger partial charge is 0.339 e. The van der Waals surface area contributed by atoms with E-state index in [4.69, 9.17) is 9.84 Å². The molecule has 0 spiro atoms. The van der Waals surface area contributed by atoms with Gasteiger partial charge in [-0.2, -0.15) is 11.8 Å². The summed E-state index contributed by atoms with van der Waals surface area (Å²) in [6, 6.07) is 6.72. The van der Waals surface area contributed by atoms with Crippen LogP contribution in [0.2, 0.25) is 0 Å². The number of rotatable bonds is 10. The Morgan fingerprint density at radius 2 is 2.00 bits per heavy atom. The molecule has 2 N–H and O–H groups in total. The molecule has 118 valence electrons. The summed E-state index contributed by atoms with van der Waals surface area (Å²) < 4.78 is 5.84. The molecule has 0 aliphatic heterocycles. The first-order valence-corrected chi connectivity index (χ1v) is 8.52. The summed E-state index contributed by atoms with van der Waals surface area (Å²) in [4.78, 5) is 11.1. The van der Waals surface area contributed by atoms with Crippen LogP contribution in [0.15, 0.2) is 24.3 Å². The number of benzene rings is 1. The summed E-state index contributed by atoms with van der Waals surface area (Å²) in [5.41, 5.74) is 0.207. The van der Waals surface area contributed by atoms with Crippen molar-refractivity contribution in [2.45, 2.75) is 31.4 Å². The first-order valence-electron chi connectivity index (χ1n) is 7.29. The lowest BCUT2D eigenvalue weighted by Crippen LogP contribution is -2.38. The van der Waals surface area contributed by atoms with Gasteiger partial charge in [-0.3, -0.25) is 0 Å². The van der Waals surface area contributed by atoms with Gasteiger partial charge in [-0.05, 0) is 31.2 Å². The highest BCUT2D eigenvalue weighted by atomic mass is 32.2. The molecule has 0 unspecified atom stereocenters. The van der Waals surface area contributed by atoms with Crippen LogP contribution in [0.5, 0.6) is 5.75 Å². The van der Waals surface area contributed by atoms with Crippen molar-refractivity contribution in [3.63, 3.8) is 0 Å². The lowest BCUT2D eigenvalue weighted by Gasteiger charge is -2.30. The summed E-state index contributed by atoms with van der Waals surface area (Å²) in [6.45, 7) is 6.52. The van der Waals surface area contributed by atoms with Gasteiger partial charge in [0.05, 0.1) is 0 Å². The molecule has 0 bridgehead atoms. The Morgan fingerprint density at radius 3 is 2.57 bits per heavy atom. The first kappa shape index (κ1) is 17.9. The average Bonchev–Trinajstić information content (AvgIpc) is 2.52. The van der Waals surface area contributed by atoms with Crippen molar-refractivity contribution < 1.29 is 14.6 Å². The van der Waals surface area contributed by atoms with Crippen LogP contribution < -0.4 is 10.1 Å². The quantitative estimate of drug-likeness (QED) is 0.649. The third kappa shape index (κ3) is 5.25. The molecule has 0 fully saturated rings. The van der Waals surface area contributed by atoms with Gasteiger partial charge in [0, 0.05) is 17.8 Å². The van der Waals surface area contributed by atoms with Crippen LogP contribution in [0.3, 0.4) is 0 Å². The van der Waals surface area contributed by atoms with Crippen LogP contribution in [0.4, 0.5) is 0 Å². The van der Waals surface area contributed by atoms with E-state index in [1.165, 1.54) is 0 Å². The normalized spacial score (nSPS) is 11.4. The van der Waals surface area contributed by atoms with E-state index in [9.17, 15) is 4.79 Å². The SMILES string of the molecule is CCC(CC)(CNCCOc1ccccc1C(=O)O)SC. The molecule has 5 heteroatoms. The average molecular weight is 311 g/mol. The van der Waals surface area contributed by atoms with Gasteiger partial charge in [-0.1, -0.05) is 26.0 Å². The monoisotopic (exact) mass is 311 g/mol. The van der Waals surface area contributed by atoms with Crippen LogP contribution in [0.1, 0.15) is 37.0 Å². The van der Waals surface area contributed by atoms with Crippen molar-refractivity contribution in [3.05, 3.63) is 29.8 Å². The van der Waals surface area contributed by atoms with Crippen LogP contribution in [-0.4, -0.2) is 41.8 Å². The molecule has 1 aromatic rings. The summed E-state index contributed by atoms with van der Waals surface area (Å²) >= 11 is 1.90. The highest BCUT2D eigenvalue weighted by Crippen LogP contribution is 2.29. The van der Waals surface area contributed by atoms with Crippen LogP contribution in [0.25, 0.3) is 0 Å². The zero-order valence-electron chi connectivity index (χ0n) is 13.0. The van der Waals surface area contributed by atoms with Crippen molar-refractivity contribution in [2.24, 2.45) is 0 Å². The van der Waals surface area contributed by atoms with Gasteiger partial charge in [-0.25, -0.2) is 4.79 Å². The fourth-order valence-corrected chi connectivity index (χ4v) is 3.00. The number of carbonyl (C=O) groups is 1. The molecule has 21 heavy (non-hydrogen) atoms. The van der Waals surface area contributed by atoms with Gasteiger partial charge < -0.3 is 15.2 Å². The number of aromatic carboxylic acids is 1. The molecule has 0 saturated carbocycles. The third-order valence-electron chi connectivity index (χ3n) is 3.82. The summed E-state index contributed by atoms with van der Waals surface area (Å²) in [6.07, 6.45) is 4.40. The topological polar surface area (TPSA) is 58.6 Å². The second-order valence-corrected chi connectivity index (χ2v) is 6.20. The predicted octanol–water partition coefficient (Wildman–Crippen LogP) is 3.28. The number of carboxylic acids is 1. The van der Waals surface area contributed by atoms with Crippen LogP contribution >= 0.6 is 11.8 Å². The van der Waals surface area contributed by atoms with Crippen molar-refractivity contribution in [1.82, 2.24) is 5.32 Å². The third-order valence-corrected chi connectivity index (χ3v) is 5.41. The standard InChI is InChI=1S/C16H25NO3S/c1-4-16(5-2,21-3)12-17-10-11-20-14-9-7-6-8-13(14)15(18)19/h6-9,17H,4-5,10-12H2,1-3H3,(H,18,19).